The second kappa shape index (κ2) is 19.3. The molecule has 2 spiro atoms. The smallest absolute Gasteiger partial charge is 0.422 e. The topological polar surface area (TPSA) is 159 Å². The number of aliphatic imine (C=N–C) groups is 1. The number of alkyl carbamates (subject to hydrolysis) is 1. The van der Waals surface area contributed by atoms with Crippen LogP contribution in [0.25, 0.3) is 11.1 Å². The first-order valence-corrected chi connectivity index (χ1v) is 19.4. The van der Waals surface area contributed by atoms with Crippen LogP contribution < -0.4 is 14.8 Å². The molecule has 0 atom stereocenters. The number of rotatable bonds is 9. The molecule has 0 saturated heterocycles. The number of hydrogen-bond acceptors (Lipinski definition) is 11. The quantitative estimate of drug-likeness (QED) is 0.0819. The second-order valence-corrected chi connectivity index (χ2v) is 14.8. The first kappa shape index (κ1) is 47.2. The summed E-state index contributed by atoms with van der Waals surface area (Å²) in [5.74, 6) is -0.977. The summed E-state index contributed by atoms with van der Waals surface area (Å²) >= 11 is 0. The highest BCUT2D eigenvalue weighted by molar-refractivity contribution is 6.21. The molecular weight excluding hydrogens is 806 g/mol. The van der Waals surface area contributed by atoms with Gasteiger partial charge in [0.25, 0.3) is 0 Å². The fraction of sp³-hybridized carbons (Fsp3) is 0.524. The molecule has 60 heavy (non-hydrogen) atoms. The summed E-state index contributed by atoms with van der Waals surface area (Å²) in [5.41, 5.74) is 1.43. The molecule has 0 radical (unpaired) electrons. The van der Waals surface area contributed by atoms with Crippen LogP contribution in [0, 0.1) is 27.7 Å². The number of aryl methyl sites for hydroxylation is 4. The number of ether oxygens (including phenoxy) is 5. The molecule has 2 aliphatic heterocycles. The average Bonchev–Trinajstić information content (AvgIpc) is 3.92. The lowest BCUT2D eigenvalue weighted by atomic mass is 9.91. The van der Waals surface area contributed by atoms with E-state index in [2.05, 4.69) is 10.3 Å². The van der Waals surface area contributed by atoms with Crippen molar-refractivity contribution in [3.05, 3.63) is 69.2 Å². The van der Waals surface area contributed by atoms with Gasteiger partial charge < -0.3 is 34.1 Å². The van der Waals surface area contributed by atoms with E-state index in [9.17, 15) is 45.8 Å². The van der Waals surface area contributed by atoms with Crippen LogP contribution in [0.5, 0.6) is 11.5 Å². The summed E-state index contributed by atoms with van der Waals surface area (Å²) in [6.07, 6.45) is -2.54. The summed E-state index contributed by atoms with van der Waals surface area (Å²) in [4.78, 5) is 49.7. The Labute approximate surface area is 342 Å². The second-order valence-electron chi connectivity index (χ2n) is 14.8. The predicted octanol–water partition coefficient (Wildman–Crippen LogP) is 9.30. The molecule has 2 aromatic rings. The predicted molar refractivity (Wildman–Crippen MR) is 205 cm³/mol. The number of carbonyl (C=O) groups is 3. The third-order valence-corrected chi connectivity index (χ3v) is 10.2. The lowest BCUT2D eigenvalue weighted by Gasteiger charge is -2.24. The number of isocyanates is 1. The number of hydrogen-bond donors (Lipinski definition) is 2. The molecule has 1 amide bonds. The number of nitrogens with one attached hydrogen (secondary N) is 1. The van der Waals surface area contributed by atoms with Crippen LogP contribution in [0.1, 0.15) is 98.6 Å². The van der Waals surface area contributed by atoms with Crippen LogP contribution in [0.4, 0.5) is 31.1 Å². The van der Waals surface area contributed by atoms with E-state index in [0.29, 0.717) is 72.2 Å². The lowest BCUT2D eigenvalue weighted by molar-refractivity contribution is -0.154. The van der Waals surface area contributed by atoms with Crippen molar-refractivity contribution in [3.8, 4) is 11.5 Å². The maximum absolute atomic E-state index is 12.9. The highest BCUT2D eigenvalue weighted by Crippen LogP contribution is 2.50. The number of amides is 1. The van der Waals surface area contributed by atoms with Crippen molar-refractivity contribution in [1.29, 1.82) is 0 Å². The van der Waals surface area contributed by atoms with Gasteiger partial charge in [-0.3, -0.25) is 0 Å². The number of halogens is 6. The van der Waals surface area contributed by atoms with Crippen molar-refractivity contribution in [1.82, 2.24) is 5.32 Å². The molecule has 2 aliphatic carbocycles. The molecule has 4 aliphatic rings. The van der Waals surface area contributed by atoms with Gasteiger partial charge in [-0.05, 0) is 151 Å². The van der Waals surface area contributed by atoms with Gasteiger partial charge in [-0.2, -0.15) is 26.3 Å². The van der Waals surface area contributed by atoms with Gasteiger partial charge in [-0.25, -0.2) is 24.2 Å². The maximum atomic E-state index is 12.9. The standard InChI is InChI=1S/C21H24F3NO5.C18H19F3O4.C3H5NO/c1-4-25-19(27)29-17-16(18(26)30-20(17)7-5-6-8-20)15-12(2)9-14(10-13(15)3)28-11-21(22,23)24;1-10-7-12(24-9-18(19,20)21)8-11(2)13(10)14-15(22)17(25-16(14)23)5-3-4-6-17;1-2-4-3-5/h9-10H,4-8,11H2,1-3H3,(H,25,27);7-8,22H,3-6,9H2,1-2H3;2H2,1H3. The SMILES string of the molecule is CCN=C=O.CCNC(=O)OC1=C(c2c(C)cc(OCC(F)(F)F)cc2C)C(=O)OC12CCCC2.Cc1cc(OCC(F)(F)F)cc(C)c1C1=C(O)C2(CCCC2)OC1=O. The van der Waals surface area contributed by atoms with Crippen LogP contribution in [0.2, 0.25) is 0 Å². The Hall–Kier alpha value is -5.51. The van der Waals surface area contributed by atoms with E-state index in [1.807, 2.05) is 0 Å². The van der Waals surface area contributed by atoms with Gasteiger partial charge in [0.2, 0.25) is 6.08 Å². The van der Waals surface area contributed by atoms with Gasteiger partial charge in [-0.1, -0.05) is 0 Å². The minimum Gasteiger partial charge on any atom is -0.507 e. The monoisotopic (exact) mass is 854 g/mol. The van der Waals surface area contributed by atoms with E-state index in [1.54, 1.807) is 41.5 Å². The largest absolute Gasteiger partial charge is 0.507 e. The zero-order valence-electron chi connectivity index (χ0n) is 34.1. The molecular formula is C42H48F6N2O10. The molecule has 12 nitrogen and oxygen atoms in total. The molecule has 6 rings (SSSR count). The highest BCUT2D eigenvalue weighted by Gasteiger charge is 2.53. The Kier molecular flexibility index (Phi) is 15.1. The molecule has 2 saturated carbocycles. The van der Waals surface area contributed by atoms with Crippen molar-refractivity contribution in [2.45, 2.75) is 116 Å². The summed E-state index contributed by atoms with van der Waals surface area (Å²) < 4.78 is 101. The third-order valence-electron chi connectivity index (χ3n) is 10.2. The van der Waals surface area contributed by atoms with Crippen LogP contribution in [0.3, 0.4) is 0 Å². The van der Waals surface area contributed by atoms with Crippen molar-refractivity contribution in [2.24, 2.45) is 4.99 Å². The Morgan fingerprint density at radius 2 is 1.15 bits per heavy atom. The molecule has 328 valence electrons. The lowest BCUT2D eigenvalue weighted by Crippen LogP contribution is -2.33. The van der Waals surface area contributed by atoms with Crippen LogP contribution in [-0.4, -0.2) is 79.1 Å². The summed E-state index contributed by atoms with van der Waals surface area (Å²) in [6, 6.07) is 5.72. The van der Waals surface area contributed by atoms with Crippen molar-refractivity contribution in [3.63, 3.8) is 0 Å². The summed E-state index contributed by atoms with van der Waals surface area (Å²) in [5, 5.41) is 13.2. The number of aliphatic hydroxyl groups is 1. The number of esters is 2. The van der Waals surface area contributed by atoms with E-state index in [4.69, 9.17) is 28.5 Å². The first-order chi connectivity index (χ1) is 28.1. The van der Waals surface area contributed by atoms with Gasteiger partial charge in [0.15, 0.2) is 35.9 Å². The molecule has 0 unspecified atom stereocenters. The van der Waals surface area contributed by atoms with Gasteiger partial charge in [0, 0.05) is 13.1 Å². The maximum Gasteiger partial charge on any atom is 0.422 e. The highest BCUT2D eigenvalue weighted by atomic mass is 19.4. The van der Waals surface area contributed by atoms with Crippen LogP contribution in [-0.2, 0) is 28.6 Å². The molecule has 2 N–H and O–H groups in total. The number of alkyl halides is 6. The van der Waals surface area contributed by atoms with Gasteiger partial charge in [-0.15, -0.1) is 0 Å². The zero-order valence-corrected chi connectivity index (χ0v) is 34.1. The van der Waals surface area contributed by atoms with E-state index in [-0.39, 0.29) is 34.2 Å². The third kappa shape index (κ3) is 11.2. The van der Waals surface area contributed by atoms with Crippen molar-refractivity contribution in [2.75, 3.05) is 26.3 Å². The van der Waals surface area contributed by atoms with E-state index < -0.39 is 54.8 Å². The summed E-state index contributed by atoms with van der Waals surface area (Å²) in [6.45, 7) is 8.27. The van der Waals surface area contributed by atoms with E-state index in [0.717, 1.165) is 25.7 Å². The zero-order chi connectivity index (χ0) is 44.6. The fourth-order valence-electron chi connectivity index (χ4n) is 7.81. The van der Waals surface area contributed by atoms with Crippen LogP contribution >= 0.6 is 0 Å². The van der Waals surface area contributed by atoms with Gasteiger partial charge >= 0.3 is 30.4 Å². The first-order valence-electron chi connectivity index (χ1n) is 19.4. The number of carbonyl (C=O) groups excluding carboxylic acids is 4. The Morgan fingerprint density at radius 1 is 0.750 bits per heavy atom. The molecule has 2 aromatic carbocycles. The molecule has 0 aromatic heterocycles. The Balaban J connectivity index is 0.000000241. The van der Waals surface area contributed by atoms with E-state index in [1.165, 1.54) is 30.3 Å². The number of aliphatic hydroxyl groups excluding tert-OH is 1. The Morgan fingerprint density at radius 3 is 1.53 bits per heavy atom. The van der Waals surface area contributed by atoms with Crippen molar-refractivity contribution >= 4 is 35.3 Å². The minimum atomic E-state index is -4.46. The van der Waals surface area contributed by atoms with Crippen LogP contribution in [0.15, 0.2) is 40.8 Å². The fourth-order valence-corrected chi connectivity index (χ4v) is 7.81. The van der Waals surface area contributed by atoms with Crippen molar-refractivity contribution < 1.29 is 74.3 Å². The van der Waals surface area contributed by atoms with E-state index >= 15 is 0 Å². The molecule has 2 heterocycles. The minimum absolute atomic E-state index is 0.0415. The van der Waals surface area contributed by atoms with Gasteiger partial charge in [0.05, 0.1) is 0 Å². The van der Waals surface area contributed by atoms with Gasteiger partial charge in [0.1, 0.15) is 22.6 Å². The normalized spacial score (nSPS) is 17.7. The molecule has 2 fully saturated rings. The molecule has 0 bridgehead atoms. The number of nitrogens with zero attached hydrogens (tertiary/aromatic N) is 1. The Bertz CT molecular complexity index is 2010. The average molecular weight is 855 g/mol. The number of benzene rings is 2. The molecule has 18 heteroatoms. The summed E-state index contributed by atoms with van der Waals surface area (Å²) in [7, 11) is 0.